The SMILES string of the molecule is c1ccc2cc3c(cc2c1)oc1cccc(-c2c4ccccc4c(-c4ccc(-c5cccc6ccccc56)cc4)c4ccccc24)c13. The van der Waals surface area contributed by atoms with Crippen molar-refractivity contribution in [1.82, 2.24) is 0 Å². The summed E-state index contributed by atoms with van der Waals surface area (Å²) in [7, 11) is 0. The van der Waals surface area contributed by atoms with Gasteiger partial charge in [-0.05, 0) is 94.7 Å². The van der Waals surface area contributed by atoms with E-state index in [1.54, 1.807) is 0 Å². The summed E-state index contributed by atoms with van der Waals surface area (Å²) < 4.78 is 6.51. The van der Waals surface area contributed by atoms with Crippen molar-refractivity contribution in [1.29, 1.82) is 0 Å². The predicted octanol–water partition coefficient (Wildman–Crippen LogP) is 13.2. The minimum atomic E-state index is 0.911. The van der Waals surface area contributed by atoms with E-state index in [2.05, 4.69) is 170 Å². The molecule has 0 unspecified atom stereocenters. The third kappa shape index (κ3) is 3.97. The summed E-state index contributed by atoms with van der Waals surface area (Å²) >= 11 is 0. The fourth-order valence-corrected chi connectivity index (χ4v) is 7.74. The first kappa shape index (κ1) is 26.1. The Morgan fingerprint density at radius 1 is 0.298 bits per heavy atom. The topological polar surface area (TPSA) is 13.1 Å². The van der Waals surface area contributed by atoms with Crippen LogP contribution in [-0.2, 0) is 0 Å². The van der Waals surface area contributed by atoms with E-state index in [4.69, 9.17) is 4.42 Å². The molecule has 9 aromatic carbocycles. The van der Waals surface area contributed by atoms with Crippen LogP contribution in [0.2, 0.25) is 0 Å². The molecule has 0 N–H and O–H groups in total. The number of fused-ring (bicyclic) bond motifs is 7. The van der Waals surface area contributed by atoms with Crippen LogP contribution in [-0.4, -0.2) is 0 Å². The average molecular weight is 597 g/mol. The Morgan fingerprint density at radius 2 is 0.809 bits per heavy atom. The molecule has 0 aliphatic rings. The number of rotatable bonds is 3. The van der Waals surface area contributed by atoms with Crippen LogP contribution in [0.25, 0.3) is 98.4 Å². The first-order chi connectivity index (χ1) is 23.3. The Kier molecular flexibility index (Phi) is 5.64. The van der Waals surface area contributed by atoms with E-state index in [1.165, 1.54) is 76.5 Å². The standard InChI is InChI=1S/C46H28O/c1-2-13-33-28-43-41(27-32(33)12-1)46-40(21-10-22-42(46)47-43)45-38-18-7-5-16-36(38)44(37-17-6-8-19-39(37)45)31-25-23-30(24-26-31)35-20-9-14-29-11-3-4-15-34(29)35/h1-28H. The molecule has 0 spiro atoms. The zero-order valence-corrected chi connectivity index (χ0v) is 25.6. The molecule has 0 amide bonds. The second-order valence-electron chi connectivity index (χ2n) is 12.4. The maximum Gasteiger partial charge on any atom is 0.136 e. The molecule has 0 radical (unpaired) electrons. The molecule has 1 heterocycles. The number of furan rings is 1. The van der Waals surface area contributed by atoms with Crippen molar-refractivity contribution in [3.63, 3.8) is 0 Å². The van der Waals surface area contributed by atoms with Crippen molar-refractivity contribution in [2.75, 3.05) is 0 Å². The molecule has 10 rings (SSSR count). The van der Waals surface area contributed by atoms with Gasteiger partial charge in [0.2, 0.25) is 0 Å². The summed E-state index contributed by atoms with van der Waals surface area (Å²) in [6.45, 7) is 0. The van der Waals surface area contributed by atoms with Crippen LogP contribution in [0.4, 0.5) is 0 Å². The number of benzene rings is 9. The average Bonchev–Trinajstić information content (AvgIpc) is 3.50. The van der Waals surface area contributed by atoms with Gasteiger partial charge >= 0.3 is 0 Å². The zero-order chi connectivity index (χ0) is 30.9. The minimum absolute atomic E-state index is 0.911. The monoisotopic (exact) mass is 596 g/mol. The highest BCUT2D eigenvalue weighted by Gasteiger charge is 2.20. The summed E-state index contributed by atoms with van der Waals surface area (Å²) in [4.78, 5) is 0. The number of hydrogen-bond donors (Lipinski definition) is 0. The van der Waals surface area contributed by atoms with Gasteiger partial charge in [-0.1, -0.05) is 152 Å². The Bertz CT molecular complexity index is 2770. The molecule has 0 atom stereocenters. The Balaban J connectivity index is 1.23. The molecule has 0 saturated carbocycles. The first-order valence-corrected chi connectivity index (χ1v) is 16.2. The van der Waals surface area contributed by atoms with Crippen molar-refractivity contribution >= 4 is 65.0 Å². The largest absolute Gasteiger partial charge is 0.456 e. The molecular formula is C46H28O. The van der Waals surface area contributed by atoms with Gasteiger partial charge < -0.3 is 4.42 Å². The van der Waals surface area contributed by atoms with Crippen LogP contribution < -0.4 is 0 Å². The van der Waals surface area contributed by atoms with Gasteiger partial charge in [0.25, 0.3) is 0 Å². The predicted molar refractivity (Wildman–Crippen MR) is 200 cm³/mol. The van der Waals surface area contributed by atoms with Crippen LogP contribution in [0.15, 0.2) is 174 Å². The lowest BCUT2D eigenvalue weighted by Crippen LogP contribution is -1.91. The molecule has 0 fully saturated rings. The van der Waals surface area contributed by atoms with Gasteiger partial charge in [0.1, 0.15) is 11.2 Å². The van der Waals surface area contributed by atoms with Crippen molar-refractivity contribution in [3.05, 3.63) is 170 Å². The molecule has 0 bridgehead atoms. The quantitative estimate of drug-likeness (QED) is 0.185. The molecule has 47 heavy (non-hydrogen) atoms. The van der Waals surface area contributed by atoms with Crippen LogP contribution in [0.5, 0.6) is 0 Å². The van der Waals surface area contributed by atoms with Gasteiger partial charge in [-0.25, -0.2) is 0 Å². The van der Waals surface area contributed by atoms with E-state index in [0.717, 1.165) is 21.9 Å². The van der Waals surface area contributed by atoms with E-state index in [-0.39, 0.29) is 0 Å². The smallest absolute Gasteiger partial charge is 0.136 e. The summed E-state index contributed by atoms with van der Waals surface area (Å²) in [6, 6.07) is 61.5. The second kappa shape index (κ2) is 10.2. The van der Waals surface area contributed by atoms with Gasteiger partial charge in [-0.2, -0.15) is 0 Å². The van der Waals surface area contributed by atoms with Crippen molar-refractivity contribution in [2.24, 2.45) is 0 Å². The number of hydrogen-bond acceptors (Lipinski definition) is 1. The Labute approximate surface area is 271 Å². The van der Waals surface area contributed by atoms with Gasteiger partial charge in [0, 0.05) is 10.8 Å². The maximum absolute atomic E-state index is 6.51. The molecule has 0 aliphatic heterocycles. The maximum atomic E-state index is 6.51. The molecule has 0 saturated heterocycles. The molecule has 10 aromatic rings. The molecule has 1 nitrogen and oxygen atoms in total. The van der Waals surface area contributed by atoms with E-state index in [9.17, 15) is 0 Å². The minimum Gasteiger partial charge on any atom is -0.456 e. The fourth-order valence-electron chi connectivity index (χ4n) is 7.74. The third-order valence-electron chi connectivity index (χ3n) is 9.84. The van der Waals surface area contributed by atoms with Crippen LogP contribution in [0.3, 0.4) is 0 Å². The highest BCUT2D eigenvalue weighted by atomic mass is 16.3. The summed E-state index contributed by atoms with van der Waals surface area (Å²) in [5.74, 6) is 0. The van der Waals surface area contributed by atoms with Crippen molar-refractivity contribution in [3.8, 4) is 33.4 Å². The molecule has 0 aliphatic carbocycles. The van der Waals surface area contributed by atoms with E-state index < -0.39 is 0 Å². The lowest BCUT2D eigenvalue weighted by Gasteiger charge is -2.18. The highest BCUT2D eigenvalue weighted by molar-refractivity contribution is 6.26. The van der Waals surface area contributed by atoms with E-state index >= 15 is 0 Å². The summed E-state index contributed by atoms with van der Waals surface area (Å²) in [5.41, 5.74) is 9.23. The Hall–Kier alpha value is -6.18. The first-order valence-electron chi connectivity index (χ1n) is 16.2. The lowest BCUT2D eigenvalue weighted by atomic mass is 9.84. The van der Waals surface area contributed by atoms with Gasteiger partial charge in [0.05, 0.1) is 0 Å². The van der Waals surface area contributed by atoms with E-state index in [1.807, 2.05) is 0 Å². The third-order valence-corrected chi connectivity index (χ3v) is 9.84. The fraction of sp³-hybridized carbons (Fsp3) is 0. The van der Waals surface area contributed by atoms with Crippen LogP contribution in [0, 0.1) is 0 Å². The second-order valence-corrected chi connectivity index (χ2v) is 12.4. The molecule has 218 valence electrons. The Morgan fingerprint density at radius 3 is 1.51 bits per heavy atom. The highest BCUT2D eigenvalue weighted by Crippen LogP contribution is 2.47. The normalized spacial score (nSPS) is 11.8. The zero-order valence-electron chi connectivity index (χ0n) is 25.6. The summed E-state index contributed by atoms with van der Waals surface area (Å²) in [5, 5.41) is 12.2. The molecular weight excluding hydrogens is 569 g/mol. The van der Waals surface area contributed by atoms with Crippen LogP contribution >= 0.6 is 0 Å². The molecule has 1 aromatic heterocycles. The molecule has 1 heteroatoms. The summed E-state index contributed by atoms with van der Waals surface area (Å²) in [6.07, 6.45) is 0. The van der Waals surface area contributed by atoms with Crippen LogP contribution in [0.1, 0.15) is 0 Å². The van der Waals surface area contributed by atoms with Gasteiger partial charge in [0.15, 0.2) is 0 Å². The van der Waals surface area contributed by atoms with Gasteiger partial charge in [-0.3, -0.25) is 0 Å². The lowest BCUT2D eigenvalue weighted by molar-refractivity contribution is 0.669. The van der Waals surface area contributed by atoms with E-state index in [0.29, 0.717) is 0 Å². The van der Waals surface area contributed by atoms with Crippen molar-refractivity contribution in [2.45, 2.75) is 0 Å². The van der Waals surface area contributed by atoms with Crippen molar-refractivity contribution < 1.29 is 4.42 Å². The van der Waals surface area contributed by atoms with Gasteiger partial charge in [-0.15, -0.1) is 0 Å².